The molecule has 0 aliphatic carbocycles. The van der Waals surface area contributed by atoms with Crippen LogP contribution in [0.3, 0.4) is 0 Å². The highest BCUT2D eigenvalue weighted by molar-refractivity contribution is 9.10. The number of carboxylic acids is 1. The molecule has 1 heterocycles. The molecule has 3 rings (SSSR count). The maximum atomic E-state index is 11.1. The van der Waals surface area contributed by atoms with Gasteiger partial charge in [-0.15, -0.1) is 0 Å². The third-order valence-corrected chi connectivity index (χ3v) is 4.78. The summed E-state index contributed by atoms with van der Waals surface area (Å²) in [4.78, 5) is 15.7. The monoisotopic (exact) mass is 459 g/mol. The first-order chi connectivity index (χ1) is 13.7. The number of oxazole rings is 1. The van der Waals surface area contributed by atoms with Crippen molar-refractivity contribution in [2.24, 2.45) is 0 Å². The third-order valence-electron chi connectivity index (χ3n) is 4.28. The van der Waals surface area contributed by atoms with Crippen LogP contribution in [0.2, 0.25) is 0 Å². The Kier molecular flexibility index (Phi) is 6.27. The van der Waals surface area contributed by atoms with Crippen molar-refractivity contribution in [3.05, 3.63) is 64.5 Å². The molecule has 3 aromatic rings. The number of carbonyl (C=O) groups is 1. The zero-order valence-corrected chi connectivity index (χ0v) is 18.0. The van der Waals surface area contributed by atoms with E-state index in [9.17, 15) is 4.79 Å². The lowest BCUT2D eigenvalue weighted by molar-refractivity contribution is -0.152. The van der Waals surface area contributed by atoms with E-state index in [4.69, 9.17) is 19.0 Å². The normalized spacial score (nSPS) is 11.3. The Morgan fingerprint density at radius 3 is 2.52 bits per heavy atom. The molecule has 0 spiro atoms. The lowest BCUT2D eigenvalue weighted by Crippen LogP contribution is -2.37. The van der Waals surface area contributed by atoms with Gasteiger partial charge in [0.1, 0.15) is 17.3 Å². The van der Waals surface area contributed by atoms with E-state index in [2.05, 4.69) is 20.9 Å². The quantitative estimate of drug-likeness (QED) is 0.493. The zero-order chi connectivity index (χ0) is 21.0. The van der Waals surface area contributed by atoms with Gasteiger partial charge in [-0.1, -0.05) is 22.0 Å². The molecular weight excluding hydrogens is 438 g/mol. The molecule has 6 nitrogen and oxygen atoms in total. The van der Waals surface area contributed by atoms with Crippen LogP contribution in [0.15, 0.2) is 57.4 Å². The second-order valence-electron chi connectivity index (χ2n) is 7.02. The van der Waals surface area contributed by atoms with Crippen LogP contribution in [0.5, 0.6) is 11.5 Å². The van der Waals surface area contributed by atoms with Crippen molar-refractivity contribution in [3.8, 4) is 23.0 Å². The molecule has 29 heavy (non-hydrogen) atoms. The molecule has 0 fully saturated rings. The predicted octanol–water partition coefficient (Wildman–Crippen LogP) is 5.28. The first kappa shape index (κ1) is 20.9. The van der Waals surface area contributed by atoms with Crippen molar-refractivity contribution in [1.82, 2.24) is 4.98 Å². The maximum absolute atomic E-state index is 11.1. The number of hydrogen-bond acceptors (Lipinski definition) is 5. The highest BCUT2D eigenvalue weighted by Crippen LogP contribution is 2.25. The van der Waals surface area contributed by atoms with Crippen LogP contribution in [0.4, 0.5) is 0 Å². The predicted molar refractivity (Wildman–Crippen MR) is 112 cm³/mol. The minimum Gasteiger partial charge on any atom is -0.493 e. The summed E-state index contributed by atoms with van der Waals surface area (Å²) in [6.07, 6.45) is 0.605. The fourth-order valence-electron chi connectivity index (χ4n) is 2.61. The Labute approximate surface area is 177 Å². The van der Waals surface area contributed by atoms with E-state index in [0.717, 1.165) is 21.5 Å². The van der Waals surface area contributed by atoms with Crippen molar-refractivity contribution < 1.29 is 23.8 Å². The number of halogens is 1. The number of hydrogen-bond donors (Lipinski definition) is 1. The fraction of sp³-hybridized carbons (Fsp3) is 0.273. The second kappa shape index (κ2) is 8.69. The van der Waals surface area contributed by atoms with Crippen molar-refractivity contribution in [2.75, 3.05) is 6.61 Å². The summed E-state index contributed by atoms with van der Waals surface area (Å²) >= 11 is 3.45. The van der Waals surface area contributed by atoms with Gasteiger partial charge in [0.25, 0.3) is 0 Å². The number of aryl methyl sites for hydroxylation is 1. The van der Waals surface area contributed by atoms with Crippen LogP contribution in [0, 0.1) is 6.92 Å². The van der Waals surface area contributed by atoms with Crippen LogP contribution in [0.1, 0.15) is 25.3 Å². The number of carboxylic acid groups (broad SMARTS) is 1. The van der Waals surface area contributed by atoms with Crippen LogP contribution in [-0.4, -0.2) is 28.3 Å². The largest absolute Gasteiger partial charge is 0.493 e. The maximum Gasteiger partial charge on any atom is 0.347 e. The molecule has 0 saturated heterocycles. The van der Waals surface area contributed by atoms with Crippen molar-refractivity contribution in [3.63, 3.8) is 0 Å². The lowest BCUT2D eigenvalue weighted by Gasteiger charge is -2.21. The highest BCUT2D eigenvalue weighted by atomic mass is 79.9. The molecule has 0 saturated carbocycles. The molecule has 0 radical (unpaired) electrons. The summed E-state index contributed by atoms with van der Waals surface area (Å²) < 4.78 is 18.0. The smallest absolute Gasteiger partial charge is 0.347 e. The van der Waals surface area contributed by atoms with Crippen molar-refractivity contribution in [1.29, 1.82) is 0 Å². The summed E-state index contributed by atoms with van der Waals surface area (Å²) in [5.41, 5.74) is 0.469. The van der Waals surface area contributed by atoms with Crippen LogP contribution in [0.25, 0.3) is 11.5 Å². The fourth-order valence-corrected chi connectivity index (χ4v) is 3.01. The first-order valence-corrected chi connectivity index (χ1v) is 9.91. The topological polar surface area (TPSA) is 81.8 Å². The van der Waals surface area contributed by atoms with Gasteiger partial charge >= 0.3 is 5.97 Å². The van der Waals surface area contributed by atoms with E-state index in [0.29, 0.717) is 30.4 Å². The average molecular weight is 460 g/mol. The molecular formula is C22H22BrNO5. The summed E-state index contributed by atoms with van der Waals surface area (Å²) in [6.45, 7) is 5.33. The Balaban J connectivity index is 1.57. The van der Waals surface area contributed by atoms with E-state index in [1.807, 2.05) is 31.2 Å². The molecule has 1 aromatic heterocycles. The second-order valence-corrected chi connectivity index (χ2v) is 7.94. The van der Waals surface area contributed by atoms with Gasteiger partial charge in [0.2, 0.25) is 5.89 Å². The molecule has 0 aliphatic rings. The third kappa shape index (κ3) is 5.38. The molecule has 0 bridgehead atoms. The summed E-state index contributed by atoms with van der Waals surface area (Å²) in [7, 11) is 0. The Morgan fingerprint density at radius 1 is 1.17 bits per heavy atom. The SMILES string of the molecule is Cc1oc(-c2cccc(Br)c2)nc1CCOc1ccc(OC(C)(C)C(=O)O)cc1. The Hall–Kier alpha value is -2.80. The van der Waals surface area contributed by atoms with E-state index < -0.39 is 11.6 Å². The first-order valence-electron chi connectivity index (χ1n) is 9.12. The zero-order valence-electron chi connectivity index (χ0n) is 16.4. The average Bonchev–Trinajstić information content (AvgIpc) is 3.04. The van der Waals surface area contributed by atoms with E-state index >= 15 is 0 Å². The number of aliphatic carboxylic acids is 1. The minimum atomic E-state index is -1.29. The molecule has 7 heteroatoms. The van der Waals surface area contributed by atoms with Gasteiger partial charge in [0.15, 0.2) is 5.60 Å². The Morgan fingerprint density at radius 2 is 1.86 bits per heavy atom. The lowest BCUT2D eigenvalue weighted by atomic mass is 10.1. The molecule has 2 aromatic carbocycles. The van der Waals surface area contributed by atoms with Gasteiger partial charge in [-0.3, -0.25) is 0 Å². The summed E-state index contributed by atoms with van der Waals surface area (Å²) in [5, 5.41) is 9.13. The molecule has 1 N–H and O–H groups in total. The molecule has 0 amide bonds. The number of ether oxygens (including phenoxy) is 2. The molecule has 152 valence electrons. The van der Waals surface area contributed by atoms with E-state index in [-0.39, 0.29) is 0 Å². The standard InChI is InChI=1S/C22H22BrNO5/c1-14-19(24-20(28-14)15-5-4-6-16(23)13-15)11-12-27-17-7-9-18(10-8-17)29-22(2,3)21(25)26/h4-10,13H,11-12H2,1-3H3,(H,25,26). The number of aromatic nitrogens is 1. The van der Waals surface area contributed by atoms with Gasteiger partial charge in [0, 0.05) is 16.5 Å². The Bertz CT molecular complexity index is 995. The number of rotatable bonds is 8. The van der Waals surface area contributed by atoms with E-state index in [1.54, 1.807) is 24.3 Å². The highest BCUT2D eigenvalue weighted by Gasteiger charge is 2.29. The van der Waals surface area contributed by atoms with Crippen LogP contribution in [-0.2, 0) is 11.2 Å². The van der Waals surface area contributed by atoms with Crippen LogP contribution < -0.4 is 9.47 Å². The van der Waals surface area contributed by atoms with Gasteiger partial charge < -0.3 is 19.0 Å². The summed E-state index contributed by atoms with van der Waals surface area (Å²) in [6, 6.07) is 14.7. The van der Waals surface area contributed by atoms with Crippen LogP contribution >= 0.6 is 15.9 Å². The van der Waals surface area contributed by atoms with Gasteiger partial charge in [-0.25, -0.2) is 9.78 Å². The minimum absolute atomic E-state index is 0.437. The summed E-state index contributed by atoms with van der Waals surface area (Å²) in [5.74, 6) is 1.46. The van der Waals surface area contributed by atoms with E-state index in [1.165, 1.54) is 13.8 Å². The molecule has 0 atom stereocenters. The molecule has 0 unspecified atom stereocenters. The van der Waals surface area contributed by atoms with Gasteiger partial charge in [-0.05, 0) is 63.2 Å². The van der Waals surface area contributed by atoms with Crippen molar-refractivity contribution in [2.45, 2.75) is 32.8 Å². The van der Waals surface area contributed by atoms with Gasteiger partial charge in [0.05, 0.1) is 12.3 Å². The van der Waals surface area contributed by atoms with Gasteiger partial charge in [-0.2, -0.15) is 0 Å². The molecule has 0 aliphatic heterocycles. The number of benzene rings is 2. The van der Waals surface area contributed by atoms with Crippen molar-refractivity contribution >= 4 is 21.9 Å². The number of nitrogens with zero attached hydrogens (tertiary/aromatic N) is 1.